The molecule has 1 fully saturated rings. The first-order chi connectivity index (χ1) is 24.6. The molecule has 4 amide bonds. The van der Waals surface area contributed by atoms with Gasteiger partial charge in [-0.15, -0.1) is 0 Å². The lowest BCUT2D eigenvalue weighted by Gasteiger charge is -2.34. The number of non-ortho nitro benzene ring substituents is 1. The Bertz CT molecular complexity index is 1870. The van der Waals surface area contributed by atoms with E-state index in [0.717, 1.165) is 25.9 Å². The van der Waals surface area contributed by atoms with E-state index in [2.05, 4.69) is 10.5 Å². The van der Waals surface area contributed by atoms with Crippen molar-refractivity contribution in [3.63, 3.8) is 0 Å². The van der Waals surface area contributed by atoms with Crippen LogP contribution in [0.3, 0.4) is 0 Å². The van der Waals surface area contributed by atoms with Crippen LogP contribution in [0.5, 0.6) is 0 Å². The predicted octanol–water partition coefficient (Wildman–Crippen LogP) is 3.63. The van der Waals surface area contributed by atoms with Gasteiger partial charge in [-0.1, -0.05) is 87.4 Å². The second-order valence-electron chi connectivity index (χ2n) is 13.4. The number of nitrogens with one attached hydrogen (secondary N) is 1. The van der Waals surface area contributed by atoms with Crippen molar-refractivity contribution in [3.05, 3.63) is 106 Å². The van der Waals surface area contributed by atoms with Crippen molar-refractivity contribution >= 4 is 39.8 Å². The molecule has 1 aliphatic heterocycles. The van der Waals surface area contributed by atoms with Crippen LogP contribution in [-0.2, 0) is 32.6 Å². The molecule has 3 atom stereocenters. The van der Waals surface area contributed by atoms with Crippen molar-refractivity contribution < 1.29 is 38.0 Å². The van der Waals surface area contributed by atoms with Crippen LogP contribution in [-0.4, -0.2) is 99.6 Å². The minimum atomic E-state index is -4.13. The molecule has 1 heterocycles. The first kappa shape index (κ1) is 39.6. The number of nitrogens with zero attached hydrogens (tertiary/aromatic N) is 5. The molecule has 0 aromatic heterocycles. The molecule has 0 radical (unpaired) electrons. The molecule has 3 aromatic carbocycles. The van der Waals surface area contributed by atoms with Crippen LogP contribution in [0.15, 0.2) is 88.9 Å². The number of oxime groups is 1. The summed E-state index contributed by atoms with van der Waals surface area (Å²) in [7, 11) is -4.13. The standard InChI is InChI=1S/C36H44N6O9S/c1-24(2)20-39(52(50,51)30-15-13-27(14-16-30)19-37-47)22-32(43)31(18-26-9-6-5-7-10-26)38-35(45)34(25(3)4)41-23-33(44)40(36(41)46)21-28-11-8-12-29(17-28)42(48)49/h5-17,19,24-25,31-32,34,43,47H,18,20-23H2,1-4H3,(H,38,45)/t31-,32+,34-/m0/s1. The highest BCUT2D eigenvalue weighted by molar-refractivity contribution is 7.89. The Morgan fingerprint density at radius 2 is 1.65 bits per heavy atom. The number of sulfonamides is 1. The predicted molar refractivity (Wildman–Crippen MR) is 192 cm³/mol. The number of rotatable bonds is 17. The van der Waals surface area contributed by atoms with Crippen molar-refractivity contribution in [2.45, 2.75) is 63.7 Å². The fourth-order valence-corrected chi connectivity index (χ4v) is 7.69. The van der Waals surface area contributed by atoms with E-state index in [1.54, 1.807) is 44.2 Å². The third-order valence-corrected chi connectivity index (χ3v) is 10.4. The molecule has 1 saturated heterocycles. The molecule has 4 rings (SSSR count). The lowest BCUT2D eigenvalue weighted by Crippen LogP contribution is -2.57. The van der Waals surface area contributed by atoms with E-state index in [1.165, 1.54) is 42.5 Å². The Kier molecular flexibility index (Phi) is 13.2. The number of amides is 4. The van der Waals surface area contributed by atoms with E-state index in [4.69, 9.17) is 5.21 Å². The summed E-state index contributed by atoms with van der Waals surface area (Å²) < 4.78 is 28.9. The molecule has 0 bridgehead atoms. The zero-order valence-electron chi connectivity index (χ0n) is 29.4. The highest BCUT2D eigenvalue weighted by Crippen LogP contribution is 2.24. The van der Waals surface area contributed by atoms with E-state index in [-0.39, 0.29) is 42.6 Å². The molecule has 15 nitrogen and oxygen atoms in total. The number of nitro groups is 1. The Balaban J connectivity index is 1.59. The molecule has 52 heavy (non-hydrogen) atoms. The van der Waals surface area contributed by atoms with E-state index in [0.29, 0.717) is 11.1 Å². The van der Waals surface area contributed by atoms with Gasteiger partial charge in [0.1, 0.15) is 12.6 Å². The topological polar surface area (TPSA) is 203 Å². The van der Waals surface area contributed by atoms with Crippen LogP contribution >= 0.6 is 0 Å². The largest absolute Gasteiger partial charge is 0.411 e. The van der Waals surface area contributed by atoms with Crippen LogP contribution in [0.1, 0.15) is 44.4 Å². The molecule has 0 unspecified atom stereocenters. The van der Waals surface area contributed by atoms with Gasteiger partial charge in [-0.3, -0.25) is 24.6 Å². The van der Waals surface area contributed by atoms with E-state index >= 15 is 0 Å². The molecular weight excluding hydrogens is 692 g/mol. The number of carbonyl (C=O) groups is 3. The number of urea groups is 1. The van der Waals surface area contributed by atoms with Crippen molar-refractivity contribution in [3.8, 4) is 0 Å². The third kappa shape index (κ3) is 9.77. The van der Waals surface area contributed by atoms with Crippen LogP contribution in [0.25, 0.3) is 0 Å². The molecule has 3 N–H and O–H groups in total. The molecular formula is C36H44N6O9S. The molecule has 16 heteroatoms. The molecule has 0 spiro atoms. The maximum atomic E-state index is 14.1. The van der Waals surface area contributed by atoms with Gasteiger partial charge in [-0.2, -0.15) is 4.31 Å². The fraction of sp³-hybridized carbons (Fsp3) is 0.389. The third-order valence-electron chi connectivity index (χ3n) is 8.56. The number of hydrogen-bond acceptors (Lipinski definition) is 10. The summed E-state index contributed by atoms with van der Waals surface area (Å²) in [6.45, 7) is 6.15. The second-order valence-corrected chi connectivity index (χ2v) is 15.3. The van der Waals surface area contributed by atoms with Gasteiger partial charge >= 0.3 is 6.03 Å². The van der Waals surface area contributed by atoms with Crippen molar-refractivity contribution in [2.24, 2.45) is 17.0 Å². The summed E-state index contributed by atoms with van der Waals surface area (Å²) in [6.07, 6.45) is -0.129. The number of aliphatic hydroxyl groups excluding tert-OH is 1. The maximum Gasteiger partial charge on any atom is 0.328 e. The van der Waals surface area contributed by atoms with Crippen LogP contribution < -0.4 is 5.32 Å². The number of aliphatic hydroxyl groups is 1. The Labute approximate surface area is 302 Å². The van der Waals surface area contributed by atoms with Crippen molar-refractivity contribution in [1.82, 2.24) is 19.4 Å². The fourth-order valence-electron chi connectivity index (χ4n) is 6.06. The van der Waals surface area contributed by atoms with Crippen molar-refractivity contribution in [1.29, 1.82) is 0 Å². The molecule has 278 valence electrons. The van der Waals surface area contributed by atoms with Gasteiger partial charge in [-0.25, -0.2) is 13.2 Å². The van der Waals surface area contributed by atoms with Gasteiger partial charge in [-0.05, 0) is 47.1 Å². The number of nitro benzene ring substituents is 1. The molecule has 0 aliphatic carbocycles. The highest BCUT2D eigenvalue weighted by Gasteiger charge is 2.44. The van der Waals surface area contributed by atoms with Gasteiger partial charge in [0.2, 0.25) is 15.9 Å². The molecule has 1 aliphatic rings. The first-order valence-electron chi connectivity index (χ1n) is 16.8. The number of carbonyl (C=O) groups excluding carboxylic acids is 3. The summed E-state index contributed by atoms with van der Waals surface area (Å²) in [5.74, 6) is -1.84. The zero-order valence-corrected chi connectivity index (χ0v) is 30.2. The quantitative estimate of drug-likeness (QED) is 0.0608. The minimum absolute atomic E-state index is 0.0363. The second kappa shape index (κ2) is 17.4. The smallest absolute Gasteiger partial charge is 0.328 e. The highest BCUT2D eigenvalue weighted by atomic mass is 32.2. The zero-order chi connectivity index (χ0) is 38.2. The normalized spacial score (nSPS) is 15.5. The van der Waals surface area contributed by atoms with Crippen LogP contribution in [0.2, 0.25) is 0 Å². The summed E-state index contributed by atoms with van der Waals surface area (Å²) >= 11 is 0. The van der Waals surface area contributed by atoms with E-state index in [1.807, 2.05) is 19.9 Å². The Morgan fingerprint density at radius 3 is 2.25 bits per heavy atom. The lowest BCUT2D eigenvalue weighted by molar-refractivity contribution is -0.384. The number of imide groups is 1. The maximum absolute atomic E-state index is 14.1. The number of benzene rings is 3. The van der Waals surface area contributed by atoms with E-state index < -0.39 is 63.4 Å². The lowest BCUT2D eigenvalue weighted by atomic mass is 9.97. The average molecular weight is 737 g/mol. The van der Waals surface area contributed by atoms with Gasteiger partial charge in [0.15, 0.2) is 0 Å². The number of hydrogen-bond donors (Lipinski definition) is 3. The monoisotopic (exact) mass is 736 g/mol. The van der Waals surface area contributed by atoms with Gasteiger partial charge in [0, 0.05) is 25.2 Å². The van der Waals surface area contributed by atoms with Crippen LogP contribution in [0.4, 0.5) is 10.5 Å². The summed E-state index contributed by atoms with van der Waals surface area (Å²) in [4.78, 5) is 53.5. The minimum Gasteiger partial charge on any atom is -0.411 e. The summed E-state index contributed by atoms with van der Waals surface area (Å²) in [6, 6.07) is 17.4. The van der Waals surface area contributed by atoms with Gasteiger partial charge in [0.05, 0.1) is 34.7 Å². The SMILES string of the molecule is CC(C)CN(C[C@@H](O)[C@H](Cc1ccccc1)NC(=O)[C@H](C(C)C)N1CC(=O)N(Cc2cccc([N+](=O)[O-])c2)C1=O)S(=O)(=O)c1ccc(C=NO)cc1. The molecule has 0 saturated carbocycles. The average Bonchev–Trinajstić information content (AvgIpc) is 3.36. The summed E-state index contributed by atoms with van der Waals surface area (Å²) in [5, 5.41) is 37.6. The van der Waals surface area contributed by atoms with Gasteiger partial charge < -0.3 is 20.5 Å². The van der Waals surface area contributed by atoms with Crippen LogP contribution in [0, 0.1) is 22.0 Å². The van der Waals surface area contributed by atoms with Gasteiger partial charge in [0.25, 0.3) is 11.6 Å². The first-order valence-corrected chi connectivity index (χ1v) is 18.2. The summed E-state index contributed by atoms with van der Waals surface area (Å²) in [5.41, 5.74) is 1.40. The molecule has 3 aromatic rings. The Hall–Kier alpha value is -5.19. The van der Waals surface area contributed by atoms with Crippen molar-refractivity contribution in [2.75, 3.05) is 19.6 Å². The van der Waals surface area contributed by atoms with E-state index in [9.17, 15) is 38.0 Å². The Morgan fingerprint density at radius 1 is 1.00 bits per heavy atom.